The Hall–Kier alpha value is -3.07. The zero-order valence-corrected chi connectivity index (χ0v) is 14.7. The van der Waals surface area contributed by atoms with Gasteiger partial charge in [0.25, 0.3) is 6.47 Å². The Bertz CT molecular complexity index is 956. The van der Waals surface area contributed by atoms with Gasteiger partial charge in [0.2, 0.25) is 0 Å². The molecular weight excluding hydrogens is 352 g/mol. The molecule has 0 fully saturated rings. The number of hydrogen-bond acceptors (Lipinski definition) is 8. The van der Waals surface area contributed by atoms with Gasteiger partial charge in [-0.3, -0.25) is 4.79 Å². The quantitative estimate of drug-likeness (QED) is 0.410. The number of hydrogen-bond donors (Lipinski definition) is 4. The molecule has 134 valence electrons. The van der Waals surface area contributed by atoms with Crippen LogP contribution in [0.5, 0.6) is 0 Å². The summed E-state index contributed by atoms with van der Waals surface area (Å²) in [4.78, 5) is 23.9. The van der Waals surface area contributed by atoms with E-state index in [0.717, 1.165) is 28.9 Å². The van der Waals surface area contributed by atoms with Gasteiger partial charge in [0.1, 0.15) is 22.8 Å². The van der Waals surface area contributed by atoms with Crippen molar-refractivity contribution in [3.8, 4) is 0 Å². The van der Waals surface area contributed by atoms with Crippen LogP contribution in [-0.4, -0.2) is 32.7 Å². The summed E-state index contributed by atoms with van der Waals surface area (Å²) in [5.41, 5.74) is 8.30. The Labute approximate surface area is 153 Å². The highest BCUT2D eigenvalue weighted by Gasteiger charge is 2.20. The van der Waals surface area contributed by atoms with Crippen LogP contribution in [0.3, 0.4) is 0 Å². The van der Waals surface area contributed by atoms with Gasteiger partial charge < -0.3 is 21.6 Å². The van der Waals surface area contributed by atoms with E-state index in [4.69, 9.17) is 21.0 Å². The Balaban J connectivity index is 0.000000613. The second kappa shape index (κ2) is 7.87. The zero-order valence-electron chi connectivity index (χ0n) is 13.9. The van der Waals surface area contributed by atoms with Crippen LogP contribution in [-0.2, 0) is 17.6 Å². The van der Waals surface area contributed by atoms with Gasteiger partial charge in [-0.2, -0.15) is 0 Å². The number of pyridine rings is 1. The molecule has 0 aliphatic heterocycles. The molecule has 0 amide bonds. The summed E-state index contributed by atoms with van der Waals surface area (Å²) >= 11 is 1.77. The van der Waals surface area contributed by atoms with E-state index in [1.165, 1.54) is 29.5 Å². The highest BCUT2D eigenvalue weighted by molar-refractivity contribution is 7.19. The fraction of sp³-hybridized carbons (Fsp3) is 0.235. The lowest BCUT2D eigenvalue weighted by Crippen LogP contribution is -2.03. The first-order valence-corrected chi connectivity index (χ1v) is 8.85. The van der Waals surface area contributed by atoms with Crippen LogP contribution in [0.1, 0.15) is 28.8 Å². The molecule has 0 unspecified atom stereocenters. The van der Waals surface area contributed by atoms with Crippen LogP contribution >= 0.6 is 11.3 Å². The average Bonchev–Trinajstić information content (AvgIpc) is 3.03. The lowest BCUT2D eigenvalue weighted by molar-refractivity contribution is -0.122. The minimum absolute atomic E-state index is 0.250. The first-order chi connectivity index (χ1) is 12.7. The van der Waals surface area contributed by atoms with E-state index >= 15 is 0 Å². The molecule has 0 aromatic carbocycles. The number of carbonyl (C=O) groups is 1. The van der Waals surface area contributed by atoms with E-state index < -0.39 is 0 Å². The smallest absolute Gasteiger partial charge is 0.290 e. The molecule has 0 saturated carbocycles. The molecule has 0 bridgehead atoms. The van der Waals surface area contributed by atoms with Crippen molar-refractivity contribution >= 4 is 51.6 Å². The van der Waals surface area contributed by atoms with Crippen LogP contribution in [0.25, 0.3) is 10.2 Å². The molecule has 8 nitrogen and oxygen atoms in total. The van der Waals surface area contributed by atoms with Crippen LogP contribution in [0, 0.1) is 5.41 Å². The zero-order chi connectivity index (χ0) is 18.5. The Morgan fingerprint density at radius 1 is 1.27 bits per heavy atom. The van der Waals surface area contributed by atoms with Gasteiger partial charge in [0.15, 0.2) is 0 Å². The van der Waals surface area contributed by atoms with Crippen molar-refractivity contribution in [3.63, 3.8) is 0 Å². The molecule has 1 aliphatic carbocycles. The van der Waals surface area contributed by atoms with Gasteiger partial charge in [-0.05, 0) is 37.3 Å². The van der Waals surface area contributed by atoms with Gasteiger partial charge in [0.05, 0.1) is 17.3 Å². The summed E-state index contributed by atoms with van der Waals surface area (Å²) in [5.74, 6) is 1.41. The molecule has 0 spiro atoms. The number of nitrogens with two attached hydrogens (primary N) is 1. The summed E-state index contributed by atoms with van der Waals surface area (Å²) < 4.78 is 0. The van der Waals surface area contributed by atoms with E-state index in [0.29, 0.717) is 17.1 Å². The Morgan fingerprint density at radius 3 is 2.81 bits per heavy atom. The number of fused-ring (bicyclic) bond motifs is 3. The molecule has 3 heterocycles. The SMILES string of the molecule is N=Cc1cc(Nc2ncnc3sc4c(c23)CCCC4)ncc1N.O=CO. The second-order valence-corrected chi connectivity index (χ2v) is 6.77. The van der Waals surface area contributed by atoms with Crippen molar-refractivity contribution in [2.45, 2.75) is 25.7 Å². The number of anilines is 3. The van der Waals surface area contributed by atoms with Crippen molar-refractivity contribution in [3.05, 3.63) is 34.6 Å². The summed E-state index contributed by atoms with van der Waals surface area (Å²) in [5, 5.41) is 18.7. The number of thiophene rings is 1. The first kappa shape index (κ1) is 17.7. The molecule has 5 N–H and O–H groups in total. The maximum Gasteiger partial charge on any atom is 0.290 e. The third-order valence-corrected chi connectivity index (χ3v) is 5.32. The van der Waals surface area contributed by atoms with Crippen molar-refractivity contribution < 1.29 is 9.90 Å². The molecule has 3 aromatic heterocycles. The van der Waals surface area contributed by atoms with E-state index in [1.54, 1.807) is 29.9 Å². The van der Waals surface area contributed by atoms with Crippen molar-refractivity contribution in [1.29, 1.82) is 5.41 Å². The molecule has 4 rings (SSSR count). The summed E-state index contributed by atoms with van der Waals surface area (Å²) in [7, 11) is 0. The maximum atomic E-state index is 8.36. The number of aromatic nitrogens is 3. The Morgan fingerprint density at radius 2 is 2.04 bits per heavy atom. The van der Waals surface area contributed by atoms with E-state index in [-0.39, 0.29) is 6.47 Å². The minimum atomic E-state index is -0.250. The third kappa shape index (κ3) is 3.47. The van der Waals surface area contributed by atoms with Gasteiger partial charge in [0, 0.05) is 16.7 Å². The molecule has 9 heteroatoms. The molecular formula is C17H18N6O2S. The molecule has 0 saturated heterocycles. The topological polar surface area (TPSA) is 138 Å². The van der Waals surface area contributed by atoms with Gasteiger partial charge in [-0.15, -0.1) is 11.3 Å². The van der Waals surface area contributed by atoms with Crippen LogP contribution in [0.2, 0.25) is 0 Å². The standard InChI is InChI=1S/C16H16N6S.CH2O2/c17-6-9-5-13(19-7-11(9)18)22-15-14-10-3-1-2-4-12(10)23-16(14)21-8-20-15;2-1-3/h5-8,17H,1-4,18H2,(H,19,20,21,22);1H,(H,2,3). The van der Waals surface area contributed by atoms with Gasteiger partial charge in [-0.25, -0.2) is 15.0 Å². The van der Waals surface area contributed by atoms with Crippen molar-refractivity contribution in [1.82, 2.24) is 15.0 Å². The fourth-order valence-corrected chi connectivity index (χ4v) is 4.21. The highest BCUT2D eigenvalue weighted by Crippen LogP contribution is 2.38. The largest absolute Gasteiger partial charge is 0.483 e. The number of aryl methyl sites for hydroxylation is 2. The fourth-order valence-electron chi connectivity index (χ4n) is 2.98. The van der Waals surface area contributed by atoms with Crippen molar-refractivity contribution in [2.75, 3.05) is 11.1 Å². The first-order valence-electron chi connectivity index (χ1n) is 8.04. The van der Waals surface area contributed by atoms with Crippen LogP contribution in [0.15, 0.2) is 18.6 Å². The average molecular weight is 370 g/mol. The maximum absolute atomic E-state index is 8.36. The predicted octanol–water partition coefficient (Wildman–Crippen LogP) is 2.99. The summed E-state index contributed by atoms with van der Waals surface area (Å²) in [6.45, 7) is -0.250. The molecule has 0 atom stereocenters. The summed E-state index contributed by atoms with van der Waals surface area (Å²) in [6.07, 6.45) is 9.05. The molecule has 1 aliphatic rings. The number of rotatable bonds is 3. The molecule has 0 radical (unpaired) electrons. The lowest BCUT2D eigenvalue weighted by Gasteiger charge is -2.12. The third-order valence-electron chi connectivity index (χ3n) is 4.12. The summed E-state index contributed by atoms with van der Waals surface area (Å²) in [6, 6.07) is 1.76. The minimum Gasteiger partial charge on any atom is -0.483 e. The highest BCUT2D eigenvalue weighted by atomic mass is 32.1. The van der Waals surface area contributed by atoms with Crippen LogP contribution < -0.4 is 11.1 Å². The molecule has 26 heavy (non-hydrogen) atoms. The van der Waals surface area contributed by atoms with E-state index in [9.17, 15) is 0 Å². The molecule has 3 aromatic rings. The van der Waals surface area contributed by atoms with Crippen LogP contribution in [0.4, 0.5) is 17.3 Å². The predicted molar refractivity (Wildman–Crippen MR) is 103 cm³/mol. The van der Waals surface area contributed by atoms with E-state index in [1.807, 2.05) is 0 Å². The lowest BCUT2D eigenvalue weighted by atomic mass is 9.97. The monoisotopic (exact) mass is 370 g/mol. The number of nitrogen functional groups attached to an aromatic ring is 1. The Kier molecular flexibility index (Phi) is 5.37. The van der Waals surface area contributed by atoms with Crippen molar-refractivity contribution in [2.24, 2.45) is 0 Å². The van der Waals surface area contributed by atoms with E-state index in [2.05, 4.69) is 20.3 Å². The van der Waals surface area contributed by atoms with Gasteiger partial charge >= 0.3 is 0 Å². The van der Waals surface area contributed by atoms with Gasteiger partial charge in [-0.1, -0.05) is 0 Å². The second-order valence-electron chi connectivity index (χ2n) is 5.69. The number of carboxylic acid groups (broad SMARTS) is 1. The number of nitrogens with zero attached hydrogens (tertiary/aromatic N) is 3. The number of nitrogens with one attached hydrogen (secondary N) is 2. The normalized spacial score (nSPS) is 12.6.